The van der Waals surface area contributed by atoms with E-state index in [1.807, 2.05) is 19.1 Å². The molecule has 0 spiro atoms. The molecule has 0 radical (unpaired) electrons. The Bertz CT molecular complexity index is 538. The summed E-state index contributed by atoms with van der Waals surface area (Å²) in [7, 11) is 0. The van der Waals surface area contributed by atoms with Crippen LogP contribution in [0.15, 0.2) is 30.5 Å². The first kappa shape index (κ1) is 12.0. The Morgan fingerprint density at radius 1 is 1.29 bits per heavy atom. The summed E-state index contributed by atoms with van der Waals surface area (Å²) in [6.45, 7) is 1.90. The molecule has 0 bridgehead atoms. The highest BCUT2D eigenvalue weighted by molar-refractivity contribution is 6.35. The second-order valence-electron chi connectivity index (χ2n) is 3.54. The maximum atomic E-state index is 5.97. The molecule has 1 aromatic heterocycles. The number of aryl methyl sites for hydroxylation is 1. The van der Waals surface area contributed by atoms with Crippen LogP contribution in [0.3, 0.4) is 0 Å². The molecule has 0 aliphatic heterocycles. The number of hydrogen-bond acceptors (Lipinski definition) is 3. The van der Waals surface area contributed by atoms with E-state index < -0.39 is 0 Å². The fourth-order valence-corrected chi connectivity index (χ4v) is 1.81. The number of ether oxygens (including phenoxy) is 1. The molecule has 0 aliphatic rings. The number of hydrogen-bond donors (Lipinski definition) is 1. The topological polar surface area (TPSA) is 48.1 Å². The van der Waals surface area contributed by atoms with E-state index in [0.717, 1.165) is 5.56 Å². The molecule has 0 saturated carbocycles. The summed E-state index contributed by atoms with van der Waals surface area (Å²) in [5, 5.41) is 0.806. The van der Waals surface area contributed by atoms with Crippen LogP contribution in [0.2, 0.25) is 10.0 Å². The zero-order chi connectivity index (χ0) is 12.4. The normalized spacial score (nSPS) is 10.3. The monoisotopic (exact) mass is 268 g/mol. The van der Waals surface area contributed by atoms with Gasteiger partial charge in [-0.05, 0) is 24.6 Å². The number of anilines is 1. The summed E-state index contributed by atoms with van der Waals surface area (Å²) < 4.78 is 5.60. The predicted molar refractivity (Wildman–Crippen MR) is 69.9 cm³/mol. The van der Waals surface area contributed by atoms with Crippen molar-refractivity contribution in [3.8, 4) is 11.6 Å². The Morgan fingerprint density at radius 2 is 2.06 bits per heavy atom. The zero-order valence-electron chi connectivity index (χ0n) is 9.08. The van der Waals surface area contributed by atoms with Crippen molar-refractivity contribution < 1.29 is 4.74 Å². The van der Waals surface area contributed by atoms with Crippen molar-refractivity contribution in [2.45, 2.75) is 6.92 Å². The Hall–Kier alpha value is -1.45. The lowest BCUT2D eigenvalue weighted by atomic mass is 10.2. The molecule has 3 nitrogen and oxygen atoms in total. The first-order valence-electron chi connectivity index (χ1n) is 4.92. The number of pyridine rings is 1. The Morgan fingerprint density at radius 3 is 2.71 bits per heavy atom. The van der Waals surface area contributed by atoms with Crippen molar-refractivity contribution in [1.29, 1.82) is 0 Å². The minimum Gasteiger partial charge on any atom is -0.435 e. The third-order valence-electron chi connectivity index (χ3n) is 2.22. The van der Waals surface area contributed by atoms with Crippen LogP contribution >= 0.6 is 23.2 Å². The minimum absolute atomic E-state index is 0.289. The number of nitrogens with zero attached hydrogens (tertiary/aromatic N) is 1. The van der Waals surface area contributed by atoms with E-state index in [0.29, 0.717) is 21.5 Å². The predicted octanol–water partition coefficient (Wildman–Crippen LogP) is 4.07. The van der Waals surface area contributed by atoms with Crippen LogP contribution in [0.1, 0.15) is 5.56 Å². The van der Waals surface area contributed by atoms with Crippen LogP contribution in [0.5, 0.6) is 11.6 Å². The molecule has 0 unspecified atom stereocenters. The third kappa shape index (κ3) is 2.62. The van der Waals surface area contributed by atoms with Gasteiger partial charge in [-0.3, -0.25) is 0 Å². The average Bonchev–Trinajstić information content (AvgIpc) is 2.26. The van der Waals surface area contributed by atoms with Crippen LogP contribution < -0.4 is 10.5 Å². The van der Waals surface area contributed by atoms with Crippen molar-refractivity contribution in [3.63, 3.8) is 0 Å². The molecule has 1 heterocycles. The van der Waals surface area contributed by atoms with Crippen molar-refractivity contribution in [2.75, 3.05) is 5.73 Å². The van der Waals surface area contributed by atoms with Crippen LogP contribution in [0.4, 0.5) is 5.69 Å². The van der Waals surface area contributed by atoms with Crippen LogP contribution in [0.25, 0.3) is 0 Å². The molecule has 0 fully saturated rings. The van der Waals surface area contributed by atoms with Gasteiger partial charge in [-0.25, -0.2) is 4.98 Å². The van der Waals surface area contributed by atoms with Crippen molar-refractivity contribution in [3.05, 3.63) is 46.1 Å². The summed E-state index contributed by atoms with van der Waals surface area (Å²) in [5.74, 6) is 0.848. The second kappa shape index (κ2) is 4.82. The van der Waals surface area contributed by atoms with Gasteiger partial charge in [-0.1, -0.05) is 35.3 Å². The van der Waals surface area contributed by atoms with Gasteiger partial charge in [0.25, 0.3) is 0 Å². The van der Waals surface area contributed by atoms with E-state index in [-0.39, 0.29) is 5.88 Å². The van der Waals surface area contributed by atoms with E-state index in [4.69, 9.17) is 33.7 Å². The molecular weight excluding hydrogens is 259 g/mol. The van der Waals surface area contributed by atoms with E-state index in [1.54, 1.807) is 12.1 Å². The Labute approximate surface area is 109 Å². The molecule has 0 atom stereocenters. The Balaban J connectivity index is 2.38. The zero-order valence-corrected chi connectivity index (χ0v) is 10.6. The standard InChI is InChI=1S/C12H10Cl2N2O/c1-7-3-2-4-10(15)11(7)17-12-9(14)5-8(13)6-16-12/h2-6H,15H2,1H3. The second-order valence-corrected chi connectivity index (χ2v) is 4.38. The molecule has 17 heavy (non-hydrogen) atoms. The molecule has 1 aromatic carbocycles. The molecular formula is C12H10Cl2N2O. The van der Waals surface area contributed by atoms with E-state index in [2.05, 4.69) is 4.98 Å². The van der Waals surface area contributed by atoms with Crippen LogP contribution in [-0.2, 0) is 0 Å². The van der Waals surface area contributed by atoms with Crippen molar-refractivity contribution in [2.24, 2.45) is 0 Å². The first-order valence-corrected chi connectivity index (χ1v) is 5.67. The molecule has 88 valence electrons. The molecule has 0 saturated heterocycles. The molecule has 0 amide bonds. The molecule has 2 aromatic rings. The number of para-hydroxylation sites is 1. The fourth-order valence-electron chi connectivity index (χ4n) is 1.39. The summed E-state index contributed by atoms with van der Waals surface area (Å²) in [4.78, 5) is 4.01. The summed E-state index contributed by atoms with van der Waals surface area (Å²) in [5.41, 5.74) is 7.28. The van der Waals surface area contributed by atoms with Gasteiger partial charge < -0.3 is 10.5 Å². The molecule has 2 N–H and O–H groups in total. The quantitative estimate of drug-likeness (QED) is 0.836. The van der Waals surface area contributed by atoms with Gasteiger partial charge in [-0.15, -0.1) is 0 Å². The van der Waals surface area contributed by atoms with Gasteiger partial charge in [0.15, 0.2) is 5.75 Å². The highest BCUT2D eigenvalue weighted by atomic mass is 35.5. The minimum atomic E-state index is 0.289. The average molecular weight is 269 g/mol. The van der Waals surface area contributed by atoms with Gasteiger partial charge >= 0.3 is 0 Å². The van der Waals surface area contributed by atoms with Gasteiger partial charge in [-0.2, -0.15) is 0 Å². The SMILES string of the molecule is Cc1cccc(N)c1Oc1ncc(Cl)cc1Cl. The van der Waals surface area contributed by atoms with Crippen molar-refractivity contribution >= 4 is 28.9 Å². The molecule has 0 aliphatic carbocycles. The Kier molecular flexibility index (Phi) is 3.41. The third-order valence-corrected chi connectivity index (χ3v) is 2.69. The summed E-state index contributed by atoms with van der Waals surface area (Å²) in [6, 6.07) is 7.08. The number of nitrogen functional groups attached to an aromatic ring is 1. The maximum Gasteiger partial charge on any atom is 0.238 e. The van der Waals surface area contributed by atoms with Crippen LogP contribution in [0, 0.1) is 6.92 Å². The number of rotatable bonds is 2. The number of benzene rings is 1. The first-order chi connectivity index (χ1) is 8.08. The van der Waals surface area contributed by atoms with Gasteiger partial charge in [0.1, 0.15) is 5.02 Å². The largest absolute Gasteiger partial charge is 0.435 e. The van der Waals surface area contributed by atoms with Gasteiger partial charge in [0.2, 0.25) is 5.88 Å². The number of halogens is 2. The van der Waals surface area contributed by atoms with E-state index in [1.165, 1.54) is 6.20 Å². The number of aromatic nitrogens is 1. The fraction of sp³-hybridized carbons (Fsp3) is 0.0833. The smallest absolute Gasteiger partial charge is 0.238 e. The van der Waals surface area contributed by atoms with E-state index >= 15 is 0 Å². The summed E-state index contributed by atoms with van der Waals surface area (Å²) >= 11 is 11.7. The summed E-state index contributed by atoms with van der Waals surface area (Å²) in [6.07, 6.45) is 1.47. The van der Waals surface area contributed by atoms with Gasteiger partial charge in [0, 0.05) is 6.20 Å². The van der Waals surface area contributed by atoms with E-state index in [9.17, 15) is 0 Å². The number of nitrogens with two attached hydrogens (primary N) is 1. The lowest BCUT2D eigenvalue weighted by Crippen LogP contribution is -1.96. The maximum absolute atomic E-state index is 5.97. The molecule has 2 rings (SSSR count). The van der Waals surface area contributed by atoms with Crippen LogP contribution in [-0.4, -0.2) is 4.98 Å². The van der Waals surface area contributed by atoms with Crippen molar-refractivity contribution in [1.82, 2.24) is 4.98 Å². The van der Waals surface area contributed by atoms with Gasteiger partial charge in [0.05, 0.1) is 10.7 Å². The highest BCUT2D eigenvalue weighted by Gasteiger charge is 2.10. The molecule has 5 heteroatoms. The highest BCUT2D eigenvalue weighted by Crippen LogP contribution is 2.34. The lowest BCUT2D eigenvalue weighted by molar-refractivity contribution is 0.462. The lowest BCUT2D eigenvalue weighted by Gasteiger charge is -2.11.